The molecule has 1 aliphatic heterocycles. The molecule has 1 spiro atoms. The molecule has 9 heteroatoms. The number of hydrogen-bond donors (Lipinski definition) is 2. The number of carbonyl (C=O) groups excluding carboxylic acids is 4. The van der Waals surface area contributed by atoms with Crippen molar-refractivity contribution in [2.75, 3.05) is 5.32 Å². The number of ether oxygens (including phenoxy) is 1. The van der Waals surface area contributed by atoms with Gasteiger partial charge < -0.3 is 15.2 Å². The fourth-order valence-electron chi connectivity index (χ4n) is 5.14. The summed E-state index contributed by atoms with van der Waals surface area (Å²) in [5.74, 6) is -7.32. The first-order valence-corrected chi connectivity index (χ1v) is 11.8. The molecule has 186 valence electrons. The Morgan fingerprint density at radius 1 is 0.919 bits per heavy atom. The molecule has 0 radical (unpaired) electrons. The topological polar surface area (TPSA) is 127 Å². The number of amides is 1. The molecule has 37 heavy (non-hydrogen) atoms. The fraction of sp³-hybridized carbons (Fsp3) is 0.179. The molecule has 2 N–H and O–H groups in total. The molecule has 0 bridgehead atoms. The van der Waals surface area contributed by atoms with Gasteiger partial charge in [0.15, 0.2) is 5.78 Å². The average molecular weight is 518 g/mol. The number of anilines is 1. The van der Waals surface area contributed by atoms with E-state index < -0.39 is 47.0 Å². The first-order chi connectivity index (χ1) is 17.6. The standard InChI is InChI=1S/C28H20ClNO7/c1-14(31)15-9-11-18(12-10-15)30-26(34)21-22(27(35)36)28(37-23(21)16-5-4-6-17(29)13-16)24(32)19-7-2-3-8-20(19)25(28)33/h2-13,21-23H,1H3,(H,30,34)(H,35,36). The van der Waals surface area contributed by atoms with Gasteiger partial charge in [-0.05, 0) is 48.9 Å². The van der Waals surface area contributed by atoms with Gasteiger partial charge in [-0.1, -0.05) is 48.0 Å². The monoisotopic (exact) mass is 517 g/mol. The maximum atomic E-state index is 13.7. The van der Waals surface area contributed by atoms with Gasteiger partial charge in [0.1, 0.15) is 5.92 Å². The van der Waals surface area contributed by atoms with Gasteiger partial charge in [-0.15, -0.1) is 0 Å². The lowest BCUT2D eigenvalue weighted by Gasteiger charge is -2.25. The van der Waals surface area contributed by atoms with E-state index in [1.165, 1.54) is 49.4 Å². The third-order valence-electron chi connectivity index (χ3n) is 6.83. The van der Waals surface area contributed by atoms with Crippen molar-refractivity contribution in [1.29, 1.82) is 0 Å². The highest BCUT2D eigenvalue weighted by Gasteiger charge is 2.71. The Kier molecular flexibility index (Phi) is 6.01. The van der Waals surface area contributed by atoms with Gasteiger partial charge >= 0.3 is 5.97 Å². The van der Waals surface area contributed by atoms with Crippen LogP contribution in [0.15, 0.2) is 72.8 Å². The Balaban J connectivity index is 1.62. The van der Waals surface area contributed by atoms with Gasteiger partial charge in [0.05, 0.1) is 12.0 Å². The van der Waals surface area contributed by atoms with Crippen LogP contribution in [-0.2, 0) is 14.3 Å². The molecule has 3 atom stereocenters. The number of rotatable bonds is 5. The molecule has 5 rings (SSSR count). The zero-order valence-electron chi connectivity index (χ0n) is 19.4. The van der Waals surface area contributed by atoms with Crippen molar-refractivity contribution in [3.8, 4) is 0 Å². The molecule has 1 amide bonds. The van der Waals surface area contributed by atoms with Crippen molar-refractivity contribution in [2.45, 2.75) is 18.6 Å². The van der Waals surface area contributed by atoms with Gasteiger partial charge in [0.25, 0.3) is 0 Å². The fourth-order valence-corrected chi connectivity index (χ4v) is 5.33. The van der Waals surface area contributed by atoms with Crippen LogP contribution in [0, 0.1) is 11.8 Å². The first-order valence-electron chi connectivity index (χ1n) is 11.4. The predicted octanol–water partition coefficient (Wildman–Crippen LogP) is 4.39. The van der Waals surface area contributed by atoms with Gasteiger partial charge in [-0.25, -0.2) is 0 Å². The second-order valence-electron chi connectivity index (χ2n) is 9.00. The molecule has 1 fully saturated rings. The Morgan fingerprint density at radius 2 is 1.54 bits per heavy atom. The molecule has 1 aliphatic carbocycles. The predicted molar refractivity (Wildman–Crippen MR) is 133 cm³/mol. The summed E-state index contributed by atoms with van der Waals surface area (Å²) >= 11 is 6.17. The van der Waals surface area contributed by atoms with Crippen LogP contribution in [0.2, 0.25) is 5.02 Å². The molecule has 3 aromatic rings. The Hall–Kier alpha value is -4.14. The van der Waals surface area contributed by atoms with Crippen LogP contribution in [0.4, 0.5) is 5.69 Å². The summed E-state index contributed by atoms with van der Waals surface area (Å²) in [4.78, 5) is 65.2. The maximum absolute atomic E-state index is 13.7. The lowest BCUT2D eigenvalue weighted by molar-refractivity contribution is -0.147. The molecule has 0 aromatic heterocycles. The minimum atomic E-state index is -2.41. The van der Waals surface area contributed by atoms with Crippen LogP contribution >= 0.6 is 11.6 Å². The number of ketones is 3. The van der Waals surface area contributed by atoms with E-state index >= 15 is 0 Å². The van der Waals surface area contributed by atoms with E-state index in [0.29, 0.717) is 21.8 Å². The van der Waals surface area contributed by atoms with E-state index in [1.54, 1.807) is 30.3 Å². The minimum Gasteiger partial charge on any atom is -0.481 e. The van der Waals surface area contributed by atoms with E-state index in [0.717, 1.165) is 0 Å². The molecular weight excluding hydrogens is 498 g/mol. The van der Waals surface area contributed by atoms with Crippen LogP contribution in [-0.4, -0.2) is 39.9 Å². The number of hydrogen-bond acceptors (Lipinski definition) is 6. The van der Waals surface area contributed by atoms with E-state index in [9.17, 15) is 29.1 Å². The number of carboxylic acids is 1. The van der Waals surface area contributed by atoms with Crippen LogP contribution < -0.4 is 5.32 Å². The number of halogens is 1. The number of fused-ring (bicyclic) bond motifs is 1. The highest BCUT2D eigenvalue weighted by Crippen LogP contribution is 2.54. The van der Waals surface area contributed by atoms with Gasteiger partial charge in [-0.3, -0.25) is 24.0 Å². The van der Waals surface area contributed by atoms with Crippen molar-refractivity contribution in [1.82, 2.24) is 0 Å². The van der Waals surface area contributed by atoms with Gasteiger partial charge in [0, 0.05) is 27.4 Å². The Bertz CT molecular complexity index is 1440. The third-order valence-corrected chi connectivity index (χ3v) is 7.07. The molecule has 1 heterocycles. The largest absolute Gasteiger partial charge is 0.481 e. The second-order valence-corrected chi connectivity index (χ2v) is 9.43. The van der Waals surface area contributed by atoms with Crippen LogP contribution in [0.1, 0.15) is 49.7 Å². The summed E-state index contributed by atoms with van der Waals surface area (Å²) in [5, 5.41) is 13.3. The highest BCUT2D eigenvalue weighted by molar-refractivity contribution is 6.34. The molecular formula is C28H20ClNO7. The molecule has 3 unspecified atom stereocenters. The van der Waals surface area contributed by atoms with Crippen molar-refractivity contribution in [2.24, 2.45) is 11.8 Å². The normalized spacial score (nSPS) is 21.6. The van der Waals surface area contributed by atoms with E-state index in [1.807, 2.05) is 0 Å². The number of benzene rings is 3. The summed E-state index contributed by atoms with van der Waals surface area (Å²) in [6.07, 6.45) is -1.27. The number of carboxylic acid groups (broad SMARTS) is 1. The minimum absolute atomic E-state index is 0.0458. The Labute approximate surface area is 216 Å². The van der Waals surface area contributed by atoms with E-state index in [4.69, 9.17) is 16.3 Å². The van der Waals surface area contributed by atoms with Crippen LogP contribution in [0.25, 0.3) is 0 Å². The number of Topliss-reactive ketones (excluding diaryl/α,β-unsaturated/α-hetero) is 3. The summed E-state index contributed by atoms with van der Waals surface area (Å²) in [6, 6.07) is 18.4. The lowest BCUT2D eigenvalue weighted by atomic mass is 9.75. The molecule has 3 aromatic carbocycles. The van der Waals surface area contributed by atoms with Crippen LogP contribution in [0.5, 0.6) is 0 Å². The average Bonchev–Trinajstić information content (AvgIpc) is 3.35. The smallest absolute Gasteiger partial charge is 0.311 e. The maximum Gasteiger partial charge on any atom is 0.311 e. The zero-order chi connectivity index (χ0) is 26.5. The SMILES string of the molecule is CC(=O)c1ccc(NC(=O)C2C(c3cccc(Cl)c3)OC3(C(=O)c4ccccc4C3=O)C2C(=O)O)cc1. The Morgan fingerprint density at radius 3 is 2.08 bits per heavy atom. The summed E-state index contributed by atoms with van der Waals surface area (Å²) in [7, 11) is 0. The van der Waals surface area contributed by atoms with E-state index in [-0.39, 0.29) is 16.9 Å². The highest BCUT2D eigenvalue weighted by atomic mass is 35.5. The molecule has 0 saturated carbocycles. The summed E-state index contributed by atoms with van der Waals surface area (Å²) < 4.78 is 6.11. The molecule has 8 nitrogen and oxygen atoms in total. The van der Waals surface area contributed by atoms with Crippen molar-refractivity contribution in [3.63, 3.8) is 0 Å². The quantitative estimate of drug-likeness (QED) is 0.379. The third kappa shape index (κ3) is 3.85. The van der Waals surface area contributed by atoms with Crippen molar-refractivity contribution in [3.05, 3.63) is 100 Å². The number of carbonyl (C=O) groups is 5. The summed E-state index contributed by atoms with van der Waals surface area (Å²) in [6.45, 7) is 1.41. The molecule has 1 saturated heterocycles. The van der Waals surface area contributed by atoms with Crippen molar-refractivity contribution < 1.29 is 33.8 Å². The second kappa shape index (κ2) is 9.06. The van der Waals surface area contributed by atoms with Gasteiger partial charge in [-0.2, -0.15) is 0 Å². The van der Waals surface area contributed by atoms with Gasteiger partial charge in [0.2, 0.25) is 23.1 Å². The summed E-state index contributed by atoms with van der Waals surface area (Å²) in [5.41, 5.74) is -1.24. The first kappa shape index (κ1) is 24.5. The number of aliphatic carboxylic acids is 1. The van der Waals surface area contributed by atoms with Crippen LogP contribution in [0.3, 0.4) is 0 Å². The number of nitrogens with one attached hydrogen (secondary N) is 1. The van der Waals surface area contributed by atoms with E-state index in [2.05, 4.69) is 5.32 Å². The van der Waals surface area contributed by atoms with Crippen molar-refractivity contribution >= 4 is 46.5 Å². The zero-order valence-corrected chi connectivity index (χ0v) is 20.2. The lowest BCUT2D eigenvalue weighted by Crippen LogP contribution is -2.52. The molecule has 2 aliphatic rings.